The number of hydrogen-bond donors (Lipinski definition) is 0. The van der Waals surface area contributed by atoms with Crippen molar-refractivity contribution in [2.24, 2.45) is 0 Å². The number of ether oxygens (including phenoxy) is 1. The first-order valence-electron chi connectivity index (χ1n) is 6.47. The highest BCUT2D eigenvalue weighted by Gasteiger charge is 2.40. The highest BCUT2D eigenvalue weighted by atomic mass is 28.4. The molecule has 0 saturated heterocycles. The maximum Gasteiger partial charge on any atom is 0.305 e. The fourth-order valence-electron chi connectivity index (χ4n) is 2.19. The third-order valence-corrected chi connectivity index (χ3v) is 5.38. The first-order valence-corrected chi connectivity index (χ1v) is 9.58. The lowest BCUT2D eigenvalue weighted by Crippen LogP contribution is -2.45. The summed E-state index contributed by atoms with van der Waals surface area (Å²) in [4.78, 5) is 11.2. The van der Waals surface area contributed by atoms with E-state index in [2.05, 4.69) is 20.0 Å². The van der Waals surface area contributed by atoms with Gasteiger partial charge < -0.3 is 9.16 Å². The van der Waals surface area contributed by atoms with Crippen molar-refractivity contribution in [1.82, 2.24) is 0 Å². The van der Waals surface area contributed by atoms with E-state index in [0.717, 1.165) is 18.9 Å². The Balaban J connectivity index is 2.66. The number of esters is 1. The van der Waals surface area contributed by atoms with Crippen LogP contribution in [0.3, 0.4) is 0 Å². The third-order valence-electron chi connectivity index (χ3n) is 2.93. The molecule has 17 heavy (non-hydrogen) atoms. The Bertz CT molecular complexity index is 299. The molecule has 1 atom stereocenters. The molecule has 0 aliphatic heterocycles. The van der Waals surface area contributed by atoms with E-state index < -0.39 is 14.1 Å². The standard InChI is InChI=1S/C13H24O3Si/c1-5-6-11-17(3,4)16-13(15-12(2)14)9-7-8-10-13/h7,9H,5-6,8,10-11H2,1-4H3. The van der Waals surface area contributed by atoms with Crippen molar-refractivity contribution in [2.75, 3.05) is 0 Å². The predicted molar refractivity (Wildman–Crippen MR) is 71.2 cm³/mol. The minimum atomic E-state index is -1.76. The molecule has 1 aliphatic carbocycles. The first-order chi connectivity index (χ1) is 7.89. The van der Waals surface area contributed by atoms with Crippen molar-refractivity contribution in [3.8, 4) is 0 Å². The zero-order valence-electron chi connectivity index (χ0n) is 11.4. The van der Waals surface area contributed by atoms with Gasteiger partial charge in [-0.3, -0.25) is 4.79 Å². The zero-order valence-corrected chi connectivity index (χ0v) is 12.4. The van der Waals surface area contributed by atoms with Gasteiger partial charge in [-0.05, 0) is 31.6 Å². The van der Waals surface area contributed by atoms with Crippen molar-refractivity contribution in [3.63, 3.8) is 0 Å². The van der Waals surface area contributed by atoms with Crippen LogP contribution in [0.5, 0.6) is 0 Å². The number of hydrogen-bond acceptors (Lipinski definition) is 3. The SMILES string of the molecule is CCCC[Si](C)(C)OC1(OC(C)=O)C=CCC1. The van der Waals surface area contributed by atoms with Gasteiger partial charge in [0.15, 0.2) is 8.32 Å². The molecule has 0 aromatic rings. The molecule has 0 bridgehead atoms. The van der Waals surface area contributed by atoms with E-state index >= 15 is 0 Å². The Morgan fingerprint density at radius 2 is 2.18 bits per heavy atom. The summed E-state index contributed by atoms with van der Waals surface area (Å²) in [7, 11) is -1.76. The first kappa shape index (κ1) is 14.4. The Morgan fingerprint density at radius 3 is 2.65 bits per heavy atom. The third kappa shape index (κ3) is 4.64. The molecule has 0 fully saturated rings. The van der Waals surface area contributed by atoms with Crippen LogP contribution in [0.4, 0.5) is 0 Å². The second-order valence-corrected chi connectivity index (χ2v) is 9.54. The van der Waals surface area contributed by atoms with Gasteiger partial charge >= 0.3 is 5.97 Å². The van der Waals surface area contributed by atoms with Crippen LogP contribution in [0.15, 0.2) is 12.2 Å². The molecule has 1 aliphatic rings. The van der Waals surface area contributed by atoms with Crippen LogP contribution in [-0.4, -0.2) is 20.1 Å². The lowest BCUT2D eigenvalue weighted by atomic mass is 10.2. The molecule has 0 heterocycles. The number of allylic oxidation sites excluding steroid dienone is 1. The molecule has 0 N–H and O–H groups in total. The highest BCUT2D eigenvalue weighted by molar-refractivity contribution is 6.71. The van der Waals surface area contributed by atoms with Gasteiger partial charge in [-0.1, -0.05) is 25.8 Å². The summed E-state index contributed by atoms with van der Waals surface area (Å²) in [5.41, 5.74) is 0. The Hall–Kier alpha value is -0.613. The summed E-state index contributed by atoms with van der Waals surface area (Å²) in [6.07, 6.45) is 7.98. The molecule has 0 aromatic heterocycles. The van der Waals surface area contributed by atoms with E-state index in [1.54, 1.807) is 0 Å². The summed E-state index contributed by atoms with van der Waals surface area (Å²) in [5, 5.41) is 0. The van der Waals surface area contributed by atoms with Gasteiger partial charge in [0.2, 0.25) is 5.79 Å². The lowest BCUT2D eigenvalue weighted by Gasteiger charge is -2.35. The number of unbranched alkanes of at least 4 members (excludes halogenated alkanes) is 1. The molecule has 0 radical (unpaired) electrons. The van der Waals surface area contributed by atoms with Crippen LogP contribution in [0.1, 0.15) is 39.5 Å². The number of carbonyl (C=O) groups excluding carboxylic acids is 1. The molecule has 98 valence electrons. The smallest absolute Gasteiger partial charge is 0.305 e. The molecular formula is C13H24O3Si. The Morgan fingerprint density at radius 1 is 1.47 bits per heavy atom. The average molecular weight is 256 g/mol. The average Bonchev–Trinajstić information content (AvgIpc) is 2.61. The van der Waals surface area contributed by atoms with E-state index in [-0.39, 0.29) is 5.97 Å². The predicted octanol–water partition coefficient (Wildman–Crippen LogP) is 3.62. The largest absolute Gasteiger partial charge is 0.430 e. The lowest BCUT2D eigenvalue weighted by molar-refractivity contribution is -0.181. The van der Waals surface area contributed by atoms with E-state index in [1.807, 2.05) is 12.2 Å². The maximum absolute atomic E-state index is 11.2. The topological polar surface area (TPSA) is 35.5 Å². The van der Waals surface area contributed by atoms with E-state index in [1.165, 1.54) is 19.8 Å². The fraction of sp³-hybridized carbons (Fsp3) is 0.769. The summed E-state index contributed by atoms with van der Waals surface area (Å²) in [5.74, 6) is -1.04. The van der Waals surface area contributed by atoms with Crippen LogP contribution in [0.2, 0.25) is 19.1 Å². The van der Waals surface area contributed by atoms with Gasteiger partial charge in [-0.15, -0.1) is 0 Å². The molecule has 0 saturated carbocycles. The molecule has 4 heteroatoms. The Labute approximate surface area is 105 Å². The molecule has 0 amide bonds. The molecule has 0 spiro atoms. The number of carbonyl (C=O) groups is 1. The van der Waals surface area contributed by atoms with Gasteiger partial charge in [0.05, 0.1) is 0 Å². The minimum absolute atomic E-state index is 0.267. The zero-order chi connectivity index (χ0) is 12.9. The van der Waals surface area contributed by atoms with Crippen LogP contribution in [-0.2, 0) is 14.0 Å². The van der Waals surface area contributed by atoms with Crippen molar-refractivity contribution >= 4 is 14.3 Å². The molecule has 1 rings (SSSR count). The minimum Gasteiger partial charge on any atom is -0.430 e. The van der Waals surface area contributed by atoms with E-state index in [4.69, 9.17) is 9.16 Å². The molecule has 0 aromatic carbocycles. The van der Waals surface area contributed by atoms with Gasteiger partial charge in [0.1, 0.15) is 0 Å². The van der Waals surface area contributed by atoms with Crippen molar-refractivity contribution in [2.45, 2.75) is 64.5 Å². The van der Waals surface area contributed by atoms with Crippen LogP contribution < -0.4 is 0 Å². The maximum atomic E-state index is 11.2. The van der Waals surface area contributed by atoms with E-state index in [0.29, 0.717) is 0 Å². The molecule has 3 nitrogen and oxygen atoms in total. The fourth-order valence-corrected chi connectivity index (χ4v) is 4.64. The number of rotatable bonds is 6. The van der Waals surface area contributed by atoms with Crippen molar-refractivity contribution in [1.29, 1.82) is 0 Å². The van der Waals surface area contributed by atoms with Gasteiger partial charge in [-0.2, -0.15) is 0 Å². The van der Waals surface area contributed by atoms with Gasteiger partial charge in [0.25, 0.3) is 0 Å². The second-order valence-electron chi connectivity index (χ2n) is 5.31. The normalized spacial score (nSPS) is 24.0. The van der Waals surface area contributed by atoms with Gasteiger partial charge in [0, 0.05) is 13.3 Å². The van der Waals surface area contributed by atoms with Gasteiger partial charge in [-0.25, -0.2) is 0 Å². The van der Waals surface area contributed by atoms with Crippen molar-refractivity contribution in [3.05, 3.63) is 12.2 Å². The summed E-state index contributed by atoms with van der Waals surface area (Å²) in [6, 6.07) is 1.11. The molecule has 1 unspecified atom stereocenters. The van der Waals surface area contributed by atoms with Crippen LogP contribution in [0, 0.1) is 0 Å². The summed E-state index contributed by atoms with van der Waals surface area (Å²) in [6.45, 7) is 8.01. The second kappa shape index (κ2) is 5.82. The monoisotopic (exact) mass is 256 g/mol. The van der Waals surface area contributed by atoms with Crippen molar-refractivity contribution < 1.29 is 14.0 Å². The molecular weight excluding hydrogens is 232 g/mol. The summed E-state index contributed by atoms with van der Waals surface area (Å²) < 4.78 is 11.6. The quantitative estimate of drug-likeness (QED) is 0.315. The van der Waals surface area contributed by atoms with Crippen LogP contribution in [0.25, 0.3) is 0 Å². The summed E-state index contributed by atoms with van der Waals surface area (Å²) >= 11 is 0. The van der Waals surface area contributed by atoms with E-state index in [9.17, 15) is 4.79 Å². The van der Waals surface area contributed by atoms with Crippen LogP contribution >= 0.6 is 0 Å². The highest BCUT2D eigenvalue weighted by Crippen LogP contribution is 2.33. The Kier molecular flexibility index (Phi) is 4.95.